The van der Waals surface area contributed by atoms with Gasteiger partial charge in [-0.2, -0.15) is 0 Å². The van der Waals surface area contributed by atoms with E-state index in [0.717, 1.165) is 17.3 Å². The molecule has 0 radical (unpaired) electrons. The Hall–Kier alpha value is -0.260. The monoisotopic (exact) mass is 160 g/mol. The van der Waals surface area contributed by atoms with Gasteiger partial charge in [0.25, 0.3) is 0 Å². The van der Waals surface area contributed by atoms with E-state index in [1.807, 2.05) is 0 Å². The minimum Gasteiger partial charge on any atom is -0.0990 e. The molecular weight excluding hydrogens is 144 g/mol. The Morgan fingerprint density at radius 1 is 1.17 bits per heavy atom. The second-order valence-corrected chi connectivity index (χ2v) is 6.07. The van der Waals surface area contributed by atoms with Crippen LogP contribution in [0.1, 0.15) is 38.5 Å². The molecule has 0 aliphatic heterocycles. The highest BCUT2D eigenvalue weighted by atomic mass is 14.7. The van der Waals surface area contributed by atoms with E-state index >= 15 is 0 Å². The van der Waals surface area contributed by atoms with Gasteiger partial charge in [-0.25, -0.2) is 0 Å². The predicted molar refractivity (Wildman–Crippen MR) is 48.7 cm³/mol. The topological polar surface area (TPSA) is 0 Å². The molecule has 7 saturated carbocycles. The lowest BCUT2D eigenvalue weighted by Crippen LogP contribution is -2.63. The number of hydrogen-bond acceptors (Lipinski definition) is 0. The van der Waals surface area contributed by atoms with E-state index in [4.69, 9.17) is 0 Å². The summed E-state index contributed by atoms with van der Waals surface area (Å²) in [5.41, 5.74) is 3.22. The standard InChI is InChI=1S/C12H16/c1-8-10-2-9-3-11(5-10)6-12(8,4-9)7-11/h9-10H,1-7H2. The van der Waals surface area contributed by atoms with Crippen molar-refractivity contribution in [2.45, 2.75) is 38.5 Å². The van der Waals surface area contributed by atoms with Crippen LogP contribution < -0.4 is 0 Å². The van der Waals surface area contributed by atoms with Crippen LogP contribution in [-0.2, 0) is 0 Å². The van der Waals surface area contributed by atoms with Crippen molar-refractivity contribution in [3.63, 3.8) is 0 Å². The summed E-state index contributed by atoms with van der Waals surface area (Å²) in [5.74, 6) is 2.07. The van der Waals surface area contributed by atoms with Crippen LogP contribution in [0.25, 0.3) is 0 Å². The van der Waals surface area contributed by atoms with Crippen molar-refractivity contribution in [1.29, 1.82) is 0 Å². The summed E-state index contributed by atoms with van der Waals surface area (Å²) < 4.78 is 0. The first-order valence-corrected chi connectivity index (χ1v) is 5.41. The molecule has 2 spiro atoms. The largest absolute Gasteiger partial charge is 0.0990 e. The minimum atomic E-state index is 0.698. The molecule has 7 rings (SSSR count). The van der Waals surface area contributed by atoms with E-state index in [1.165, 1.54) is 32.1 Å². The van der Waals surface area contributed by atoms with Crippen molar-refractivity contribution >= 4 is 0 Å². The van der Waals surface area contributed by atoms with Crippen LogP contribution in [0.2, 0.25) is 0 Å². The van der Waals surface area contributed by atoms with Crippen molar-refractivity contribution in [3.8, 4) is 0 Å². The zero-order valence-electron chi connectivity index (χ0n) is 7.60. The Kier molecular flexibility index (Phi) is 0.740. The van der Waals surface area contributed by atoms with Crippen LogP contribution in [0.15, 0.2) is 12.2 Å². The maximum atomic E-state index is 4.36. The summed E-state index contributed by atoms with van der Waals surface area (Å²) in [6.07, 6.45) is 9.19. The van der Waals surface area contributed by atoms with E-state index in [-0.39, 0.29) is 0 Å². The third-order valence-electron chi connectivity index (χ3n) is 5.30. The second kappa shape index (κ2) is 1.42. The summed E-state index contributed by atoms with van der Waals surface area (Å²) in [6, 6.07) is 0. The zero-order chi connectivity index (χ0) is 7.97. The molecule has 0 heteroatoms. The molecular formula is C12H16. The van der Waals surface area contributed by atoms with Gasteiger partial charge in [0.1, 0.15) is 0 Å². The lowest BCUT2D eigenvalue weighted by atomic mass is 9.31. The summed E-state index contributed by atoms with van der Waals surface area (Å²) in [6.45, 7) is 4.36. The van der Waals surface area contributed by atoms with Crippen molar-refractivity contribution in [3.05, 3.63) is 12.2 Å². The maximum Gasteiger partial charge on any atom is -0.00748 e. The zero-order valence-corrected chi connectivity index (χ0v) is 7.60. The predicted octanol–water partition coefficient (Wildman–Crippen LogP) is 3.14. The Bertz CT molecular complexity index is 269. The van der Waals surface area contributed by atoms with Gasteiger partial charge < -0.3 is 0 Å². The van der Waals surface area contributed by atoms with Gasteiger partial charge in [0.05, 0.1) is 0 Å². The maximum absolute atomic E-state index is 4.36. The second-order valence-electron chi connectivity index (χ2n) is 6.07. The molecule has 7 aliphatic rings. The lowest BCUT2D eigenvalue weighted by molar-refractivity contribution is -0.179. The van der Waals surface area contributed by atoms with Gasteiger partial charge in [-0.05, 0) is 61.2 Å². The molecule has 0 amide bonds. The van der Waals surface area contributed by atoms with Crippen LogP contribution in [0.4, 0.5) is 0 Å². The lowest BCUT2D eigenvalue weighted by Gasteiger charge is -2.73. The molecule has 64 valence electrons. The molecule has 2 atom stereocenters. The van der Waals surface area contributed by atoms with Crippen LogP contribution >= 0.6 is 0 Å². The first-order chi connectivity index (χ1) is 5.72. The fourth-order valence-corrected chi connectivity index (χ4v) is 5.37. The molecule has 0 aromatic carbocycles. The summed E-state index contributed by atoms with van der Waals surface area (Å²) in [4.78, 5) is 0. The summed E-state index contributed by atoms with van der Waals surface area (Å²) >= 11 is 0. The van der Waals surface area contributed by atoms with Crippen molar-refractivity contribution in [1.82, 2.24) is 0 Å². The van der Waals surface area contributed by atoms with E-state index in [9.17, 15) is 0 Å². The van der Waals surface area contributed by atoms with Crippen molar-refractivity contribution in [2.24, 2.45) is 22.7 Å². The molecule has 0 aromatic heterocycles. The summed E-state index contributed by atoms with van der Waals surface area (Å²) in [7, 11) is 0. The molecule has 7 aliphatic carbocycles. The Morgan fingerprint density at radius 2 is 2.00 bits per heavy atom. The normalized spacial score (nSPS) is 65.2. The quantitative estimate of drug-likeness (QED) is 0.477. The highest BCUT2D eigenvalue weighted by Gasteiger charge is 2.68. The van der Waals surface area contributed by atoms with Gasteiger partial charge in [0.15, 0.2) is 0 Å². The Morgan fingerprint density at radius 3 is 2.67 bits per heavy atom. The molecule has 0 aromatic rings. The Labute approximate surface area is 74.0 Å². The average molecular weight is 160 g/mol. The van der Waals surface area contributed by atoms with Gasteiger partial charge in [0.2, 0.25) is 0 Å². The van der Waals surface area contributed by atoms with Gasteiger partial charge in [-0.15, -0.1) is 0 Å². The molecule has 12 heavy (non-hydrogen) atoms. The number of hydrogen-bond donors (Lipinski definition) is 0. The molecule has 0 nitrogen and oxygen atoms in total. The van der Waals surface area contributed by atoms with E-state index in [1.54, 1.807) is 12.0 Å². The molecule has 7 fully saturated rings. The molecule has 0 N–H and O–H groups in total. The van der Waals surface area contributed by atoms with Gasteiger partial charge in [-0.3, -0.25) is 0 Å². The third-order valence-corrected chi connectivity index (χ3v) is 5.30. The molecule has 4 bridgehead atoms. The third kappa shape index (κ3) is 0.448. The minimum absolute atomic E-state index is 0.698. The molecule has 2 unspecified atom stereocenters. The fourth-order valence-electron chi connectivity index (χ4n) is 5.37. The van der Waals surface area contributed by atoms with Crippen LogP contribution in [-0.4, -0.2) is 0 Å². The first-order valence-electron chi connectivity index (χ1n) is 5.41. The molecule has 0 saturated heterocycles. The number of rotatable bonds is 0. The van der Waals surface area contributed by atoms with Crippen molar-refractivity contribution in [2.75, 3.05) is 0 Å². The van der Waals surface area contributed by atoms with Gasteiger partial charge in [-0.1, -0.05) is 12.2 Å². The van der Waals surface area contributed by atoms with Gasteiger partial charge >= 0.3 is 0 Å². The van der Waals surface area contributed by atoms with E-state index in [0.29, 0.717) is 5.41 Å². The fraction of sp³-hybridized carbons (Fsp3) is 0.833. The van der Waals surface area contributed by atoms with E-state index in [2.05, 4.69) is 6.58 Å². The average Bonchev–Trinajstić information content (AvgIpc) is 1.95. The highest BCUT2D eigenvalue weighted by molar-refractivity contribution is 5.33. The molecule has 0 heterocycles. The SMILES string of the molecule is C=C1C2CC3CC4(C2)CC1(C3)C4. The van der Waals surface area contributed by atoms with E-state index < -0.39 is 0 Å². The van der Waals surface area contributed by atoms with Crippen LogP contribution in [0.5, 0.6) is 0 Å². The Balaban J connectivity index is 1.91. The first kappa shape index (κ1) is 6.23. The van der Waals surface area contributed by atoms with Crippen molar-refractivity contribution < 1.29 is 0 Å². The highest BCUT2D eigenvalue weighted by Crippen LogP contribution is 2.79. The van der Waals surface area contributed by atoms with Crippen LogP contribution in [0, 0.1) is 22.7 Å². The summed E-state index contributed by atoms with van der Waals surface area (Å²) in [5, 5.41) is 0. The van der Waals surface area contributed by atoms with Gasteiger partial charge in [0, 0.05) is 0 Å². The smallest absolute Gasteiger partial charge is 0.00748 e. The number of allylic oxidation sites excluding steroid dienone is 1. The van der Waals surface area contributed by atoms with Crippen LogP contribution in [0.3, 0.4) is 0 Å².